The molecule has 2 aliphatic heterocycles. The maximum Gasteiger partial charge on any atom is 0.414 e. The molecule has 2 aromatic rings. The Kier molecular flexibility index (Phi) is 12.7. The third-order valence-corrected chi connectivity index (χ3v) is 7.72. The Bertz CT molecular complexity index is 1500. The highest BCUT2D eigenvalue weighted by Gasteiger charge is 2.54. The highest BCUT2D eigenvalue weighted by molar-refractivity contribution is 6.08. The van der Waals surface area contributed by atoms with Crippen LogP contribution in [0.4, 0.5) is 19.2 Å². The maximum absolute atomic E-state index is 13.2. The number of alkyl carbamates (subject to hydrolysis) is 2. The smallest absolute Gasteiger partial charge is 0.414 e. The Morgan fingerprint density at radius 1 is 0.820 bits per heavy atom. The Balaban J connectivity index is 1.31. The quantitative estimate of drug-likeness (QED) is 0.116. The average Bonchev–Trinajstić information content (AvgIpc) is 3.08. The van der Waals surface area contributed by atoms with Gasteiger partial charge in [0.2, 0.25) is 17.8 Å². The molecule has 0 spiro atoms. The number of hydrogen-bond donors (Lipinski definition) is 3. The van der Waals surface area contributed by atoms with Gasteiger partial charge in [-0.2, -0.15) is 0 Å². The van der Waals surface area contributed by atoms with Gasteiger partial charge < -0.3 is 29.7 Å². The molecule has 268 valence electrons. The topological polar surface area (TPSA) is 202 Å². The third kappa shape index (κ3) is 10.7. The Labute approximate surface area is 289 Å². The minimum Gasteiger partial charge on any atom is -0.444 e. The predicted molar refractivity (Wildman–Crippen MR) is 179 cm³/mol. The number of benzene rings is 2. The van der Waals surface area contributed by atoms with E-state index in [1.165, 1.54) is 9.80 Å². The van der Waals surface area contributed by atoms with Crippen LogP contribution in [0.5, 0.6) is 0 Å². The van der Waals surface area contributed by atoms with Crippen LogP contribution in [-0.4, -0.2) is 101 Å². The van der Waals surface area contributed by atoms with E-state index in [1.54, 1.807) is 69.3 Å². The molecule has 4 N–H and O–H groups in total. The Morgan fingerprint density at radius 2 is 1.32 bits per heavy atom. The van der Waals surface area contributed by atoms with Crippen molar-refractivity contribution in [3.63, 3.8) is 0 Å². The molecule has 2 heterocycles. The van der Waals surface area contributed by atoms with Crippen molar-refractivity contribution >= 4 is 42.1 Å². The van der Waals surface area contributed by atoms with Crippen LogP contribution in [-0.2, 0) is 37.0 Å². The third-order valence-electron chi connectivity index (χ3n) is 7.72. The largest absolute Gasteiger partial charge is 0.444 e. The van der Waals surface area contributed by atoms with Crippen molar-refractivity contribution in [3.05, 3.63) is 71.8 Å². The van der Waals surface area contributed by atoms with E-state index in [0.29, 0.717) is 0 Å². The lowest BCUT2D eigenvalue weighted by atomic mass is 9.83. The standard InChI is InChI=1S/C34H43N7O9/c1-34(2,3)50-33(47)40-19-17-39(18-20-40)32(46)41-26(27(35)42)25(28(41)43)15-10-16-36-29(37-30(44)48-21-23-11-6-4-7-12-23)38-31(45)49-22-24-13-8-5-9-14-24/h4-9,11-14,25-26H,10,15-22H2,1-3H3,(H2,35,42)(H2,36,37,38,44,45)/t25-,26?/m1/s1. The highest BCUT2D eigenvalue weighted by atomic mass is 16.6. The van der Waals surface area contributed by atoms with Crippen LogP contribution < -0.4 is 16.4 Å². The molecule has 0 aliphatic carbocycles. The molecule has 0 saturated carbocycles. The summed E-state index contributed by atoms with van der Waals surface area (Å²) in [4.78, 5) is 84.1. The first-order valence-electron chi connectivity index (χ1n) is 16.2. The lowest BCUT2D eigenvalue weighted by Crippen LogP contribution is -2.70. The summed E-state index contributed by atoms with van der Waals surface area (Å²) >= 11 is 0. The van der Waals surface area contributed by atoms with E-state index in [0.717, 1.165) is 16.0 Å². The van der Waals surface area contributed by atoms with Crippen molar-refractivity contribution in [3.8, 4) is 0 Å². The molecule has 2 atom stereocenters. The maximum atomic E-state index is 13.2. The number of likely N-dealkylation sites (tertiary alicyclic amines) is 1. The number of carbonyl (C=O) groups excluding carboxylic acids is 6. The lowest BCUT2D eigenvalue weighted by Gasteiger charge is -2.46. The van der Waals surface area contributed by atoms with Gasteiger partial charge in [-0.3, -0.25) is 30.1 Å². The van der Waals surface area contributed by atoms with Gasteiger partial charge in [0.1, 0.15) is 24.9 Å². The number of urea groups is 1. The fourth-order valence-corrected chi connectivity index (χ4v) is 5.25. The van der Waals surface area contributed by atoms with Gasteiger partial charge in [0.15, 0.2) is 0 Å². The number of nitrogens with two attached hydrogens (primary N) is 1. The van der Waals surface area contributed by atoms with Crippen molar-refractivity contribution in [1.82, 2.24) is 25.3 Å². The zero-order chi connectivity index (χ0) is 36.3. The number of amides is 7. The lowest BCUT2D eigenvalue weighted by molar-refractivity contribution is -0.157. The number of ether oxygens (including phenoxy) is 3. The number of nitrogens with zero attached hydrogens (tertiary/aromatic N) is 4. The van der Waals surface area contributed by atoms with Gasteiger partial charge in [-0.15, -0.1) is 0 Å². The predicted octanol–water partition coefficient (Wildman–Crippen LogP) is 2.96. The molecule has 7 amide bonds. The van der Waals surface area contributed by atoms with Crippen molar-refractivity contribution in [2.75, 3.05) is 32.7 Å². The van der Waals surface area contributed by atoms with Crippen LogP contribution in [0.2, 0.25) is 0 Å². The number of guanidine groups is 1. The van der Waals surface area contributed by atoms with E-state index in [9.17, 15) is 28.8 Å². The van der Waals surface area contributed by atoms with E-state index in [4.69, 9.17) is 19.9 Å². The van der Waals surface area contributed by atoms with Gasteiger partial charge in [-0.1, -0.05) is 60.7 Å². The molecule has 4 rings (SSSR count). The second-order valence-corrected chi connectivity index (χ2v) is 12.6. The number of imide groups is 1. The monoisotopic (exact) mass is 693 g/mol. The van der Waals surface area contributed by atoms with Crippen molar-refractivity contribution in [2.45, 2.75) is 58.5 Å². The molecule has 2 fully saturated rings. The minimum atomic E-state index is -1.15. The van der Waals surface area contributed by atoms with E-state index in [-0.39, 0.29) is 64.7 Å². The molecular weight excluding hydrogens is 650 g/mol. The summed E-state index contributed by atoms with van der Waals surface area (Å²) in [6, 6.07) is 16.2. The molecule has 2 aromatic carbocycles. The molecule has 0 bridgehead atoms. The summed E-state index contributed by atoms with van der Waals surface area (Å²) in [6.45, 7) is 5.95. The first kappa shape index (κ1) is 37.2. The summed E-state index contributed by atoms with van der Waals surface area (Å²) < 4.78 is 15.8. The Morgan fingerprint density at radius 3 is 1.80 bits per heavy atom. The van der Waals surface area contributed by atoms with Crippen LogP contribution in [0, 0.1) is 5.92 Å². The second kappa shape index (κ2) is 17.1. The molecule has 0 aromatic heterocycles. The van der Waals surface area contributed by atoms with Crippen LogP contribution in [0.25, 0.3) is 0 Å². The van der Waals surface area contributed by atoms with Gasteiger partial charge in [-0.25, -0.2) is 19.2 Å². The molecule has 1 unspecified atom stereocenters. The summed E-state index contributed by atoms with van der Waals surface area (Å²) in [5, 5.41) is 4.79. The molecule has 16 heteroatoms. The minimum absolute atomic E-state index is 0.0170. The number of hydrogen-bond acceptors (Lipinski definition) is 10. The van der Waals surface area contributed by atoms with Crippen molar-refractivity contribution < 1.29 is 43.0 Å². The zero-order valence-electron chi connectivity index (χ0n) is 28.3. The van der Waals surface area contributed by atoms with Gasteiger partial charge in [-0.05, 0) is 44.7 Å². The van der Waals surface area contributed by atoms with Crippen LogP contribution in [0.1, 0.15) is 44.7 Å². The first-order valence-corrected chi connectivity index (χ1v) is 16.2. The zero-order valence-corrected chi connectivity index (χ0v) is 28.3. The Hall–Kier alpha value is -5.67. The number of rotatable bonds is 9. The summed E-state index contributed by atoms with van der Waals surface area (Å²) in [6.07, 6.45) is -1.86. The van der Waals surface area contributed by atoms with Crippen LogP contribution >= 0.6 is 0 Å². The van der Waals surface area contributed by atoms with E-state index in [2.05, 4.69) is 15.6 Å². The molecule has 0 radical (unpaired) electrons. The van der Waals surface area contributed by atoms with Crippen molar-refractivity contribution in [2.24, 2.45) is 16.6 Å². The van der Waals surface area contributed by atoms with Gasteiger partial charge >= 0.3 is 24.3 Å². The van der Waals surface area contributed by atoms with Gasteiger partial charge in [0, 0.05) is 32.7 Å². The summed E-state index contributed by atoms with van der Waals surface area (Å²) in [5.41, 5.74) is 6.44. The number of β-lactam (4-membered cyclic amide) rings is 1. The van der Waals surface area contributed by atoms with E-state index in [1.807, 2.05) is 12.1 Å². The van der Waals surface area contributed by atoms with Crippen LogP contribution in [0.15, 0.2) is 65.7 Å². The molecular formula is C34H43N7O9. The fourth-order valence-electron chi connectivity index (χ4n) is 5.25. The van der Waals surface area contributed by atoms with Crippen molar-refractivity contribution in [1.29, 1.82) is 0 Å². The van der Waals surface area contributed by atoms with Gasteiger partial charge in [0.25, 0.3) is 0 Å². The number of primary amides is 1. The summed E-state index contributed by atoms with van der Waals surface area (Å²) in [7, 11) is 0. The summed E-state index contributed by atoms with van der Waals surface area (Å²) in [5.74, 6) is -2.48. The van der Waals surface area contributed by atoms with E-state index >= 15 is 0 Å². The molecule has 2 aliphatic rings. The first-order chi connectivity index (χ1) is 23.8. The molecule has 50 heavy (non-hydrogen) atoms. The number of nitrogens with one attached hydrogen (secondary N) is 2. The number of carbonyl (C=O) groups is 6. The van der Waals surface area contributed by atoms with Gasteiger partial charge in [0.05, 0.1) is 5.92 Å². The average molecular weight is 694 g/mol. The number of aliphatic imine (C=N–C) groups is 1. The number of piperazine rings is 1. The van der Waals surface area contributed by atoms with E-state index < -0.39 is 53.7 Å². The highest BCUT2D eigenvalue weighted by Crippen LogP contribution is 2.32. The normalized spacial score (nSPS) is 17.2. The molecule has 2 saturated heterocycles. The SMILES string of the molecule is CC(C)(C)OC(=O)N1CCN(C(=O)N2C(=O)[C@H](CCCN=C(NC(=O)OCc3ccccc3)NC(=O)OCc3ccccc3)C2C(N)=O)CC1. The molecule has 16 nitrogen and oxygen atoms in total. The fraction of sp³-hybridized carbons (Fsp3) is 0.441. The van der Waals surface area contributed by atoms with Crippen LogP contribution in [0.3, 0.4) is 0 Å². The second-order valence-electron chi connectivity index (χ2n) is 12.6.